The number of benzene rings is 1. The minimum atomic E-state index is -0.568. The van der Waals surface area contributed by atoms with Gasteiger partial charge in [0.05, 0.1) is 5.71 Å². The van der Waals surface area contributed by atoms with E-state index in [-0.39, 0.29) is 0 Å². The first kappa shape index (κ1) is 13.5. The molecule has 0 atom stereocenters. The lowest BCUT2D eigenvalue weighted by Gasteiger charge is -2.32. The Labute approximate surface area is 123 Å². The molecule has 0 spiro atoms. The number of hydrogen-bond acceptors (Lipinski definition) is 5. The fourth-order valence-corrected chi connectivity index (χ4v) is 2.40. The monoisotopic (exact) mass is 282 g/mol. The Balaban J connectivity index is 2.12. The lowest BCUT2D eigenvalue weighted by atomic mass is 9.93. The fraction of sp³-hybridized carbons (Fsp3) is 0.312. The minimum absolute atomic E-state index is 0.332. The van der Waals surface area contributed by atoms with Crippen LogP contribution in [0.4, 0.5) is 11.5 Å². The summed E-state index contributed by atoms with van der Waals surface area (Å²) in [5.74, 6) is 0.764. The quantitative estimate of drug-likeness (QED) is 0.919. The average Bonchev–Trinajstić information content (AvgIpc) is 2.46. The van der Waals surface area contributed by atoms with Gasteiger partial charge in [-0.25, -0.2) is 9.98 Å². The number of anilines is 1. The molecule has 1 aliphatic heterocycles. The summed E-state index contributed by atoms with van der Waals surface area (Å²) in [6.07, 6.45) is 2.40. The summed E-state index contributed by atoms with van der Waals surface area (Å²) >= 11 is 0. The average molecular weight is 282 g/mol. The Morgan fingerprint density at radius 2 is 1.86 bits per heavy atom. The van der Waals surface area contributed by atoms with E-state index in [1.807, 2.05) is 13.8 Å². The Bertz CT molecular complexity index is 705. The molecule has 1 aliphatic rings. The Hall–Kier alpha value is -2.43. The van der Waals surface area contributed by atoms with Crippen molar-refractivity contribution >= 4 is 17.2 Å². The van der Waals surface area contributed by atoms with Gasteiger partial charge in [-0.3, -0.25) is 0 Å². The van der Waals surface area contributed by atoms with E-state index in [0.29, 0.717) is 17.4 Å². The summed E-state index contributed by atoms with van der Waals surface area (Å²) in [6.45, 7) is 6.08. The molecule has 2 heterocycles. The van der Waals surface area contributed by atoms with Gasteiger partial charge in [0.15, 0.2) is 11.5 Å². The van der Waals surface area contributed by atoms with Crippen LogP contribution in [0.15, 0.2) is 35.6 Å². The third-order valence-electron chi connectivity index (χ3n) is 3.60. The number of aryl methyl sites for hydroxylation is 1. The van der Waals surface area contributed by atoms with Gasteiger partial charge in [-0.1, -0.05) is 31.2 Å². The minimum Gasteiger partial charge on any atom is -0.463 e. The molecule has 0 fully saturated rings. The Kier molecular flexibility index (Phi) is 3.12. The predicted octanol–water partition coefficient (Wildman–Crippen LogP) is 2.91. The third-order valence-corrected chi connectivity index (χ3v) is 3.60. The van der Waals surface area contributed by atoms with Gasteiger partial charge in [-0.05, 0) is 25.8 Å². The van der Waals surface area contributed by atoms with Crippen LogP contribution in [0.25, 0.3) is 0 Å². The second-order valence-corrected chi connectivity index (χ2v) is 5.54. The van der Waals surface area contributed by atoms with E-state index in [2.05, 4.69) is 46.1 Å². The summed E-state index contributed by atoms with van der Waals surface area (Å²) < 4.78 is 5.96. The zero-order chi connectivity index (χ0) is 15.0. The number of rotatable bonds is 2. The van der Waals surface area contributed by atoms with Gasteiger partial charge in [0.1, 0.15) is 11.9 Å². The maximum Gasteiger partial charge on any atom is 0.246 e. The van der Waals surface area contributed by atoms with Crippen molar-refractivity contribution in [3.63, 3.8) is 0 Å². The summed E-state index contributed by atoms with van der Waals surface area (Å²) in [7, 11) is 0. The molecule has 3 rings (SSSR count). The number of ether oxygens (including phenoxy) is 1. The normalized spacial score (nSPS) is 15.9. The highest BCUT2D eigenvalue weighted by Gasteiger charge is 2.34. The van der Waals surface area contributed by atoms with E-state index in [1.165, 1.54) is 11.9 Å². The molecule has 0 aliphatic carbocycles. The van der Waals surface area contributed by atoms with Crippen LogP contribution in [0.1, 0.15) is 31.9 Å². The summed E-state index contributed by atoms with van der Waals surface area (Å²) in [6, 6.07) is 8.34. The molecule has 21 heavy (non-hydrogen) atoms. The first-order valence-electron chi connectivity index (χ1n) is 6.99. The Morgan fingerprint density at radius 3 is 2.52 bits per heavy atom. The van der Waals surface area contributed by atoms with Gasteiger partial charge in [0.25, 0.3) is 0 Å². The van der Waals surface area contributed by atoms with Crippen LogP contribution in [0, 0.1) is 0 Å². The zero-order valence-electron chi connectivity index (χ0n) is 12.4. The fourth-order valence-electron chi connectivity index (χ4n) is 2.40. The molecule has 5 nitrogen and oxygen atoms in total. The number of hydrogen-bond donors (Lipinski definition) is 1. The van der Waals surface area contributed by atoms with Crippen LogP contribution < -0.4 is 10.5 Å². The molecule has 0 saturated heterocycles. The smallest absolute Gasteiger partial charge is 0.246 e. The SMILES string of the molecule is CCc1ccc(C2=Nc3c(N)ncnc3OC2(C)C)cc1. The lowest BCUT2D eigenvalue weighted by molar-refractivity contribution is 0.171. The van der Waals surface area contributed by atoms with Gasteiger partial charge >= 0.3 is 0 Å². The van der Waals surface area contributed by atoms with Gasteiger partial charge < -0.3 is 10.5 Å². The Morgan fingerprint density at radius 1 is 1.14 bits per heavy atom. The molecular formula is C16H18N4O. The van der Waals surface area contributed by atoms with Crippen LogP contribution in [0.3, 0.4) is 0 Å². The highest BCUT2D eigenvalue weighted by atomic mass is 16.5. The lowest BCUT2D eigenvalue weighted by Crippen LogP contribution is -2.41. The molecule has 2 aromatic rings. The van der Waals surface area contributed by atoms with Crippen LogP contribution in [0.2, 0.25) is 0 Å². The first-order chi connectivity index (χ1) is 10.0. The van der Waals surface area contributed by atoms with E-state index < -0.39 is 5.60 Å². The predicted molar refractivity (Wildman–Crippen MR) is 83.2 cm³/mol. The number of aromatic nitrogens is 2. The molecule has 1 aromatic heterocycles. The van der Waals surface area contributed by atoms with Crippen LogP contribution in [0.5, 0.6) is 5.88 Å². The van der Waals surface area contributed by atoms with E-state index in [1.54, 1.807) is 0 Å². The van der Waals surface area contributed by atoms with Crippen LogP contribution in [-0.4, -0.2) is 21.3 Å². The number of nitrogens with zero attached hydrogens (tertiary/aromatic N) is 3. The molecule has 0 unspecified atom stereocenters. The van der Waals surface area contributed by atoms with Crippen LogP contribution >= 0.6 is 0 Å². The second kappa shape index (κ2) is 4.84. The molecular weight excluding hydrogens is 264 g/mol. The first-order valence-corrected chi connectivity index (χ1v) is 6.99. The molecule has 0 bridgehead atoms. The molecule has 5 heteroatoms. The molecule has 0 radical (unpaired) electrons. The maximum atomic E-state index is 5.96. The standard InChI is InChI=1S/C16H18N4O/c1-4-10-5-7-11(8-6-10)13-16(2,3)21-15-12(20-13)14(17)18-9-19-15/h5-9H,4H2,1-3H3,(H2,17,18,19). The number of nitrogens with two attached hydrogens (primary N) is 1. The number of aliphatic imine (C=N–C) groups is 1. The topological polar surface area (TPSA) is 73.4 Å². The van der Waals surface area contributed by atoms with E-state index >= 15 is 0 Å². The molecule has 1 aromatic carbocycles. The van der Waals surface area contributed by atoms with E-state index in [0.717, 1.165) is 17.7 Å². The van der Waals surface area contributed by atoms with Crippen molar-refractivity contribution in [1.82, 2.24) is 9.97 Å². The van der Waals surface area contributed by atoms with Crippen LogP contribution in [-0.2, 0) is 6.42 Å². The van der Waals surface area contributed by atoms with E-state index in [9.17, 15) is 0 Å². The van der Waals surface area contributed by atoms with E-state index in [4.69, 9.17) is 10.5 Å². The van der Waals surface area contributed by atoms with Gasteiger partial charge in [-0.2, -0.15) is 4.98 Å². The van der Waals surface area contributed by atoms with Crippen molar-refractivity contribution in [1.29, 1.82) is 0 Å². The van der Waals surface area contributed by atoms with Gasteiger partial charge in [0.2, 0.25) is 5.88 Å². The highest BCUT2D eigenvalue weighted by molar-refractivity contribution is 6.09. The van der Waals surface area contributed by atoms with Crippen molar-refractivity contribution in [2.45, 2.75) is 32.8 Å². The van der Waals surface area contributed by atoms with Crippen molar-refractivity contribution in [2.75, 3.05) is 5.73 Å². The number of nitrogen functional groups attached to an aromatic ring is 1. The van der Waals surface area contributed by atoms with Crippen molar-refractivity contribution in [2.24, 2.45) is 4.99 Å². The molecule has 0 amide bonds. The zero-order valence-corrected chi connectivity index (χ0v) is 12.4. The third kappa shape index (κ3) is 2.35. The largest absolute Gasteiger partial charge is 0.463 e. The van der Waals surface area contributed by atoms with Crippen molar-refractivity contribution < 1.29 is 4.74 Å². The molecule has 2 N–H and O–H groups in total. The van der Waals surface area contributed by atoms with Gasteiger partial charge in [0, 0.05) is 5.56 Å². The highest BCUT2D eigenvalue weighted by Crippen LogP contribution is 2.38. The number of fused-ring (bicyclic) bond motifs is 1. The van der Waals surface area contributed by atoms with Gasteiger partial charge in [-0.15, -0.1) is 0 Å². The summed E-state index contributed by atoms with van der Waals surface area (Å²) in [4.78, 5) is 12.8. The summed E-state index contributed by atoms with van der Waals surface area (Å²) in [5.41, 5.74) is 8.96. The molecule has 0 saturated carbocycles. The second-order valence-electron chi connectivity index (χ2n) is 5.54. The van der Waals surface area contributed by atoms with Crippen molar-refractivity contribution in [3.8, 4) is 5.88 Å². The molecule has 108 valence electrons. The maximum absolute atomic E-state index is 5.96. The summed E-state index contributed by atoms with van der Waals surface area (Å²) in [5, 5.41) is 0. The van der Waals surface area contributed by atoms with Crippen molar-refractivity contribution in [3.05, 3.63) is 41.7 Å².